The lowest BCUT2D eigenvalue weighted by Gasteiger charge is -2.22. The molecule has 2 aromatic carbocycles. The highest BCUT2D eigenvalue weighted by Crippen LogP contribution is 2.33. The van der Waals surface area contributed by atoms with Gasteiger partial charge in [-0.3, -0.25) is 4.99 Å². The SMILES string of the molecule is CCCC(CCC(C)C)CC(=Nc1ccc(-c2c[nH]c3cc(F)ccc23)cc1C)C(C)CC. The molecule has 3 aromatic rings. The molecule has 178 valence electrons. The predicted octanol–water partition coefficient (Wildman–Crippen LogP) is 9.64. The Bertz CT molecular complexity index is 1080. The molecule has 3 rings (SSSR count). The number of aromatic nitrogens is 1. The van der Waals surface area contributed by atoms with Gasteiger partial charge in [-0.2, -0.15) is 0 Å². The Morgan fingerprint density at radius 1 is 1.00 bits per heavy atom. The zero-order chi connectivity index (χ0) is 24.0. The second-order valence-corrected chi connectivity index (χ2v) is 10.1. The number of benzene rings is 2. The molecule has 1 N–H and O–H groups in total. The first-order chi connectivity index (χ1) is 15.8. The van der Waals surface area contributed by atoms with Crippen LogP contribution in [0.5, 0.6) is 0 Å². The number of hydrogen-bond acceptors (Lipinski definition) is 1. The molecule has 2 unspecified atom stereocenters. The second kappa shape index (κ2) is 11.6. The number of rotatable bonds is 11. The van der Waals surface area contributed by atoms with E-state index in [1.165, 1.54) is 43.0 Å². The standard InChI is InChI=1S/C30H41FN2/c1-7-9-23(11-10-20(3)4)17-29(21(5)8-2)33-28-15-12-24(16-22(28)6)27-19-32-30-18-25(31)13-14-26(27)30/h12-16,18-21,23,32H,7-11,17H2,1-6H3. The molecule has 2 atom stereocenters. The minimum absolute atomic E-state index is 0.218. The largest absolute Gasteiger partial charge is 0.360 e. The van der Waals surface area contributed by atoms with Gasteiger partial charge in [0.15, 0.2) is 0 Å². The van der Waals surface area contributed by atoms with Gasteiger partial charge in [0.1, 0.15) is 5.82 Å². The number of aryl methyl sites for hydroxylation is 1. The molecule has 33 heavy (non-hydrogen) atoms. The molecule has 2 nitrogen and oxygen atoms in total. The van der Waals surface area contributed by atoms with Crippen molar-refractivity contribution in [2.24, 2.45) is 22.7 Å². The van der Waals surface area contributed by atoms with Crippen molar-refractivity contribution in [3.05, 3.63) is 54.0 Å². The molecule has 0 fully saturated rings. The molecule has 0 aliphatic carbocycles. The number of nitrogens with one attached hydrogen (secondary N) is 1. The summed E-state index contributed by atoms with van der Waals surface area (Å²) >= 11 is 0. The summed E-state index contributed by atoms with van der Waals surface area (Å²) in [6.07, 6.45) is 9.28. The smallest absolute Gasteiger partial charge is 0.125 e. The summed E-state index contributed by atoms with van der Waals surface area (Å²) in [5.74, 6) is 1.75. The lowest BCUT2D eigenvalue weighted by Crippen LogP contribution is -2.16. The minimum atomic E-state index is -0.218. The van der Waals surface area contributed by atoms with Crippen LogP contribution in [0.15, 0.2) is 47.6 Å². The lowest BCUT2D eigenvalue weighted by molar-refractivity contribution is 0.403. The van der Waals surface area contributed by atoms with Gasteiger partial charge in [-0.05, 0) is 85.4 Å². The molecule has 0 saturated heterocycles. The summed E-state index contributed by atoms with van der Waals surface area (Å²) < 4.78 is 13.6. The fourth-order valence-electron chi connectivity index (χ4n) is 4.65. The van der Waals surface area contributed by atoms with E-state index in [-0.39, 0.29) is 5.82 Å². The Kier molecular flexibility index (Phi) is 8.88. The molecule has 0 spiro atoms. The number of hydrogen-bond donors (Lipinski definition) is 1. The van der Waals surface area contributed by atoms with Gasteiger partial charge in [0.2, 0.25) is 0 Å². The molecule has 1 aromatic heterocycles. The van der Waals surface area contributed by atoms with Crippen molar-refractivity contribution in [3.63, 3.8) is 0 Å². The number of H-pyrrole nitrogens is 1. The van der Waals surface area contributed by atoms with Crippen molar-refractivity contribution < 1.29 is 4.39 Å². The summed E-state index contributed by atoms with van der Waals surface area (Å²) in [7, 11) is 0. The van der Waals surface area contributed by atoms with Gasteiger partial charge in [-0.1, -0.05) is 59.9 Å². The predicted molar refractivity (Wildman–Crippen MR) is 142 cm³/mol. The minimum Gasteiger partial charge on any atom is -0.360 e. The van der Waals surface area contributed by atoms with Crippen molar-refractivity contribution in [1.29, 1.82) is 0 Å². The molecular weight excluding hydrogens is 407 g/mol. The van der Waals surface area contributed by atoms with Crippen LogP contribution in [0, 0.1) is 30.5 Å². The fourth-order valence-corrected chi connectivity index (χ4v) is 4.65. The number of fused-ring (bicyclic) bond motifs is 1. The zero-order valence-electron chi connectivity index (χ0n) is 21.3. The van der Waals surface area contributed by atoms with Gasteiger partial charge in [0.25, 0.3) is 0 Å². The Morgan fingerprint density at radius 2 is 1.79 bits per heavy atom. The van der Waals surface area contributed by atoms with Crippen molar-refractivity contribution >= 4 is 22.3 Å². The number of aliphatic imine (C=N–C) groups is 1. The van der Waals surface area contributed by atoms with Gasteiger partial charge in [-0.15, -0.1) is 0 Å². The normalized spacial score (nSPS) is 14.2. The van der Waals surface area contributed by atoms with Crippen molar-refractivity contribution in [1.82, 2.24) is 4.98 Å². The first-order valence-electron chi connectivity index (χ1n) is 12.8. The summed E-state index contributed by atoms with van der Waals surface area (Å²) in [5.41, 5.74) is 6.65. The van der Waals surface area contributed by atoms with Crippen LogP contribution in [0.2, 0.25) is 0 Å². The van der Waals surface area contributed by atoms with Crippen LogP contribution in [0.3, 0.4) is 0 Å². The van der Waals surface area contributed by atoms with Crippen LogP contribution >= 0.6 is 0 Å². The third-order valence-electron chi connectivity index (χ3n) is 6.94. The maximum absolute atomic E-state index is 13.6. The van der Waals surface area contributed by atoms with Gasteiger partial charge in [0, 0.05) is 28.4 Å². The highest BCUT2D eigenvalue weighted by atomic mass is 19.1. The first-order valence-corrected chi connectivity index (χ1v) is 12.8. The van der Waals surface area contributed by atoms with Gasteiger partial charge in [0.05, 0.1) is 5.69 Å². The highest BCUT2D eigenvalue weighted by Gasteiger charge is 2.17. The third kappa shape index (κ3) is 6.56. The summed E-state index contributed by atoms with van der Waals surface area (Å²) in [4.78, 5) is 8.44. The monoisotopic (exact) mass is 448 g/mol. The number of aromatic amines is 1. The molecule has 1 heterocycles. The van der Waals surface area contributed by atoms with E-state index in [1.54, 1.807) is 6.07 Å². The van der Waals surface area contributed by atoms with Crippen LogP contribution in [0.4, 0.5) is 10.1 Å². The van der Waals surface area contributed by atoms with Crippen LogP contribution in [0.25, 0.3) is 22.0 Å². The van der Waals surface area contributed by atoms with E-state index in [0.717, 1.165) is 52.4 Å². The van der Waals surface area contributed by atoms with Crippen LogP contribution < -0.4 is 0 Å². The quantitative estimate of drug-likeness (QED) is 0.283. The Morgan fingerprint density at radius 3 is 2.45 bits per heavy atom. The van der Waals surface area contributed by atoms with Gasteiger partial charge < -0.3 is 4.98 Å². The molecule has 0 bridgehead atoms. The molecule has 0 amide bonds. The van der Waals surface area contributed by atoms with E-state index in [9.17, 15) is 4.39 Å². The summed E-state index contributed by atoms with van der Waals surface area (Å²) in [6, 6.07) is 11.4. The summed E-state index contributed by atoms with van der Waals surface area (Å²) in [6.45, 7) is 13.7. The maximum Gasteiger partial charge on any atom is 0.125 e. The van der Waals surface area contributed by atoms with E-state index in [4.69, 9.17) is 4.99 Å². The van der Waals surface area contributed by atoms with Crippen molar-refractivity contribution in [2.45, 2.75) is 80.1 Å². The van der Waals surface area contributed by atoms with Crippen LogP contribution in [-0.4, -0.2) is 10.7 Å². The molecule has 0 saturated carbocycles. The average Bonchev–Trinajstić information content (AvgIpc) is 3.20. The Labute approximate surface area is 199 Å². The van der Waals surface area contributed by atoms with Crippen molar-refractivity contribution in [3.8, 4) is 11.1 Å². The fraction of sp³-hybridized carbons (Fsp3) is 0.500. The average molecular weight is 449 g/mol. The van der Waals surface area contributed by atoms with E-state index in [0.29, 0.717) is 5.92 Å². The van der Waals surface area contributed by atoms with Gasteiger partial charge >= 0.3 is 0 Å². The molecule has 0 aliphatic rings. The Balaban J connectivity index is 1.89. The van der Waals surface area contributed by atoms with E-state index >= 15 is 0 Å². The topological polar surface area (TPSA) is 28.1 Å². The number of nitrogens with zero attached hydrogens (tertiary/aromatic N) is 1. The molecule has 3 heteroatoms. The van der Waals surface area contributed by atoms with Crippen molar-refractivity contribution in [2.75, 3.05) is 0 Å². The van der Waals surface area contributed by atoms with E-state index < -0.39 is 0 Å². The highest BCUT2D eigenvalue weighted by molar-refractivity contribution is 5.96. The third-order valence-corrected chi connectivity index (χ3v) is 6.94. The second-order valence-electron chi connectivity index (χ2n) is 10.1. The lowest BCUT2D eigenvalue weighted by atomic mass is 9.86. The van der Waals surface area contributed by atoms with Crippen LogP contribution in [0.1, 0.15) is 78.7 Å². The first kappa shape index (κ1) is 25.2. The maximum atomic E-state index is 13.6. The van der Waals surface area contributed by atoms with E-state index in [1.807, 2.05) is 12.3 Å². The molecular formula is C30H41FN2. The molecule has 0 aliphatic heterocycles. The number of halogens is 1. The Hall–Kier alpha value is -2.42. The summed E-state index contributed by atoms with van der Waals surface area (Å²) in [5, 5.41) is 1.04. The van der Waals surface area contributed by atoms with Gasteiger partial charge in [-0.25, -0.2) is 4.39 Å². The van der Waals surface area contributed by atoms with E-state index in [2.05, 4.69) is 64.7 Å². The molecule has 0 radical (unpaired) electrons. The van der Waals surface area contributed by atoms with Crippen LogP contribution in [-0.2, 0) is 0 Å². The zero-order valence-corrected chi connectivity index (χ0v) is 21.3.